The fraction of sp³-hybridized carbons (Fsp3) is 0.267. The Labute approximate surface area is 139 Å². The summed E-state index contributed by atoms with van der Waals surface area (Å²) in [7, 11) is -3.65. The molecular weight excluding hydrogens is 334 g/mol. The summed E-state index contributed by atoms with van der Waals surface area (Å²) in [6.45, 7) is 1.94. The highest BCUT2D eigenvalue weighted by Crippen LogP contribution is 2.15. The molecule has 124 valence electrons. The Morgan fingerprint density at radius 1 is 1.26 bits per heavy atom. The molecular formula is C15H19N3O3S2. The fourth-order valence-electron chi connectivity index (χ4n) is 1.93. The van der Waals surface area contributed by atoms with E-state index in [9.17, 15) is 13.2 Å². The highest BCUT2D eigenvalue weighted by molar-refractivity contribution is 7.91. The van der Waals surface area contributed by atoms with Crippen LogP contribution < -0.4 is 15.8 Å². The molecule has 2 rings (SSSR count). The van der Waals surface area contributed by atoms with E-state index in [1.807, 2.05) is 12.1 Å². The largest absolute Gasteiger partial charge is 0.399 e. The molecule has 0 saturated carbocycles. The standard InChI is InChI=1S/C15H19N3O3S2/c1-11(18-23(20,21)14-3-2-10-22-14)15(19)17-9-8-12-4-6-13(16)7-5-12/h2-7,10-11,18H,8-9,16H2,1H3,(H,17,19). The molecule has 8 heteroatoms. The van der Waals surface area contributed by atoms with E-state index < -0.39 is 16.1 Å². The van der Waals surface area contributed by atoms with Crippen LogP contribution in [0.15, 0.2) is 46.0 Å². The molecule has 1 heterocycles. The topological polar surface area (TPSA) is 101 Å². The van der Waals surface area contributed by atoms with Crippen LogP contribution in [0.25, 0.3) is 0 Å². The number of thiophene rings is 1. The summed E-state index contributed by atoms with van der Waals surface area (Å²) in [5.41, 5.74) is 7.34. The van der Waals surface area contributed by atoms with Gasteiger partial charge in [-0.05, 0) is 42.5 Å². The molecule has 0 bridgehead atoms. The van der Waals surface area contributed by atoms with Gasteiger partial charge in [0.2, 0.25) is 5.91 Å². The number of hydrogen-bond donors (Lipinski definition) is 3. The number of hydrogen-bond acceptors (Lipinski definition) is 5. The third-order valence-corrected chi connectivity index (χ3v) is 6.12. The van der Waals surface area contributed by atoms with Crippen LogP contribution in [0.1, 0.15) is 12.5 Å². The van der Waals surface area contributed by atoms with E-state index in [4.69, 9.17) is 5.73 Å². The first-order valence-corrected chi connectivity index (χ1v) is 9.43. The highest BCUT2D eigenvalue weighted by atomic mass is 32.2. The lowest BCUT2D eigenvalue weighted by molar-refractivity contribution is -0.122. The molecule has 1 amide bonds. The van der Waals surface area contributed by atoms with Gasteiger partial charge in [0, 0.05) is 12.2 Å². The normalized spacial score (nSPS) is 12.7. The Balaban J connectivity index is 1.82. The molecule has 0 aliphatic carbocycles. The van der Waals surface area contributed by atoms with Gasteiger partial charge in [-0.3, -0.25) is 4.79 Å². The molecule has 2 aromatic rings. The van der Waals surface area contributed by atoms with E-state index >= 15 is 0 Å². The van der Waals surface area contributed by atoms with Crippen molar-refractivity contribution in [2.75, 3.05) is 12.3 Å². The van der Waals surface area contributed by atoms with Crippen LogP contribution in [-0.4, -0.2) is 26.9 Å². The van der Waals surface area contributed by atoms with Crippen molar-refractivity contribution in [3.8, 4) is 0 Å². The predicted octanol–water partition coefficient (Wildman–Crippen LogP) is 1.36. The van der Waals surface area contributed by atoms with Crippen LogP contribution in [0.5, 0.6) is 0 Å². The third kappa shape index (κ3) is 5.05. The molecule has 23 heavy (non-hydrogen) atoms. The van der Waals surface area contributed by atoms with Crippen LogP contribution in [0.2, 0.25) is 0 Å². The minimum Gasteiger partial charge on any atom is -0.399 e. The summed E-state index contributed by atoms with van der Waals surface area (Å²) in [4.78, 5) is 12.0. The van der Waals surface area contributed by atoms with Crippen molar-refractivity contribution in [3.05, 3.63) is 47.3 Å². The first-order chi connectivity index (χ1) is 10.9. The Morgan fingerprint density at radius 3 is 2.57 bits per heavy atom. The van der Waals surface area contributed by atoms with Gasteiger partial charge in [0.1, 0.15) is 4.21 Å². The van der Waals surface area contributed by atoms with E-state index in [2.05, 4.69) is 10.0 Å². The van der Waals surface area contributed by atoms with Crippen molar-refractivity contribution in [2.24, 2.45) is 0 Å². The maximum absolute atomic E-state index is 12.0. The average molecular weight is 353 g/mol. The van der Waals surface area contributed by atoms with Crippen LogP contribution in [0.4, 0.5) is 5.69 Å². The summed E-state index contributed by atoms with van der Waals surface area (Å²) in [6, 6.07) is 9.70. The summed E-state index contributed by atoms with van der Waals surface area (Å²) in [5, 5.41) is 4.39. The number of nitrogens with two attached hydrogens (primary N) is 1. The molecule has 0 aliphatic rings. The Morgan fingerprint density at radius 2 is 1.96 bits per heavy atom. The third-order valence-electron chi connectivity index (χ3n) is 3.18. The van der Waals surface area contributed by atoms with Gasteiger partial charge in [0.25, 0.3) is 10.0 Å². The van der Waals surface area contributed by atoms with Crippen molar-refractivity contribution in [1.29, 1.82) is 0 Å². The highest BCUT2D eigenvalue weighted by Gasteiger charge is 2.22. The van der Waals surface area contributed by atoms with E-state index in [1.165, 1.54) is 13.0 Å². The molecule has 1 unspecified atom stereocenters. The Bertz CT molecular complexity index is 741. The van der Waals surface area contributed by atoms with Crippen LogP contribution in [0.3, 0.4) is 0 Å². The smallest absolute Gasteiger partial charge is 0.250 e. The van der Waals surface area contributed by atoms with Gasteiger partial charge >= 0.3 is 0 Å². The fourth-order valence-corrected chi connectivity index (χ4v) is 4.14. The van der Waals surface area contributed by atoms with Crippen LogP contribution >= 0.6 is 11.3 Å². The van der Waals surface area contributed by atoms with Gasteiger partial charge in [0.05, 0.1) is 6.04 Å². The lowest BCUT2D eigenvalue weighted by Gasteiger charge is -2.13. The second kappa shape index (κ2) is 7.58. The SMILES string of the molecule is CC(NS(=O)(=O)c1cccs1)C(=O)NCCc1ccc(N)cc1. The summed E-state index contributed by atoms with van der Waals surface area (Å²) in [6.07, 6.45) is 0.649. The number of nitrogen functional groups attached to an aromatic ring is 1. The van der Waals surface area contributed by atoms with E-state index in [1.54, 1.807) is 23.6 Å². The Kier molecular flexibility index (Phi) is 5.75. The monoisotopic (exact) mass is 353 g/mol. The van der Waals surface area contributed by atoms with Gasteiger partial charge in [-0.25, -0.2) is 8.42 Å². The molecule has 1 aromatic heterocycles. The first-order valence-electron chi connectivity index (χ1n) is 7.06. The van der Waals surface area contributed by atoms with Crippen LogP contribution in [-0.2, 0) is 21.2 Å². The zero-order chi connectivity index (χ0) is 16.9. The van der Waals surface area contributed by atoms with Crippen molar-refractivity contribution >= 4 is 33.0 Å². The van der Waals surface area contributed by atoms with Crippen molar-refractivity contribution in [1.82, 2.24) is 10.0 Å². The van der Waals surface area contributed by atoms with Crippen molar-refractivity contribution in [3.63, 3.8) is 0 Å². The van der Waals surface area contributed by atoms with Gasteiger partial charge in [-0.1, -0.05) is 18.2 Å². The molecule has 0 aliphatic heterocycles. The van der Waals surface area contributed by atoms with Gasteiger partial charge in [-0.15, -0.1) is 11.3 Å². The maximum atomic E-state index is 12.0. The Hall–Kier alpha value is -1.90. The number of rotatable bonds is 7. The number of nitrogens with one attached hydrogen (secondary N) is 2. The number of carbonyl (C=O) groups is 1. The zero-order valence-electron chi connectivity index (χ0n) is 12.7. The lowest BCUT2D eigenvalue weighted by Crippen LogP contribution is -2.45. The summed E-state index contributed by atoms with van der Waals surface area (Å²) in [5.74, 6) is -0.361. The molecule has 4 N–H and O–H groups in total. The number of sulfonamides is 1. The lowest BCUT2D eigenvalue weighted by atomic mass is 10.1. The minimum atomic E-state index is -3.65. The molecule has 0 fully saturated rings. The second-order valence-electron chi connectivity index (χ2n) is 5.06. The number of anilines is 1. The zero-order valence-corrected chi connectivity index (χ0v) is 14.3. The van der Waals surface area contributed by atoms with Crippen molar-refractivity contribution < 1.29 is 13.2 Å². The van der Waals surface area contributed by atoms with E-state index in [-0.39, 0.29) is 10.1 Å². The van der Waals surface area contributed by atoms with Crippen LogP contribution in [0, 0.1) is 0 Å². The first kappa shape index (κ1) is 17.5. The molecule has 0 spiro atoms. The average Bonchev–Trinajstić information content (AvgIpc) is 3.04. The predicted molar refractivity (Wildman–Crippen MR) is 91.7 cm³/mol. The van der Waals surface area contributed by atoms with Gasteiger partial charge < -0.3 is 11.1 Å². The molecule has 6 nitrogen and oxygen atoms in total. The van der Waals surface area contributed by atoms with Gasteiger partial charge in [-0.2, -0.15) is 4.72 Å². The maximum Gasteiger partial charge on any atom is 0.250 e. The second-order valence-corrected chi connectivity index (χ2v) is 7.95. The van der Waals surface area contributed by atoms with Gasteiger partial charge in [0.15, 0.2) is 0 Å². The number of amides is 1. The number of carbonyl (C=O) groups excluding carboxylic acids is 1. The van der Waals surface area contributed by atoms with E-state index in [0.29, 0.717) is 18.7 Å². The quantitative estimate of drug-likeness (QED) is 0.654. The minimum absolute atomic E-state index is 0.194. The molecule has 1 aromatic carbocycles. The van der Waals surface area contributed by atoms with Crippen molar-refractivity contribution in [2.45, 2.75) is 23.6 Å². The molecule has 0 saturated heterocycles. The summed E-state index contributed by atoms with van der Waals surface area (Å²) >= 11 is 1.11. The van der Waals surface area contributed by atoms with E-state index in [0.717, 1.165) is 16.9 Å². The molecule has 1 atom stereocenters. The summed E-state index contributed by atoms with van der Waals surface area (Å²) < 4.78 is 26.6. The number of benzene rings is 1. The molecule has 0 radical (unpaired) electrons.